The van der Waals surface area contributed by atoms with E-state index in [1.54, 1.807) is 33.7 Å². The van der Waals surface area contributed by atoms with Gasteiger partial charge in [0.15, 0.2) is 0 Å². The normalized spacial score (nSPS) is 21.0. The summed E-state index contributed by atoms with van der Waals surface area (Å²) in [4.78, 5) is 35.3. The molecule has 0 radical (unpaired) electrons. The number of hydrogen-bond donors (Lipinski definition) is 1. The van der Waals surface area contributed by atoms with Gasteiger partial charge in [-0.05, 0) is 42.4 Å². The number of aromatic nitrogens is 2. The highest BCUT2D eigenvalue weighted by atomic mass is 19.4. The second-order valence-electron chi connectivity index (χ2n) is 9.69. The first-order valence-corrected chi connectivity index (χ1v) is 12.3. The van der Waals surface area contributed by atoms with E-state index in [2.05, 4.69) is 14.6 Å². The second-order valence-corrected chi connectivity index (χ2v) is 9.69. The molecule has 1 aliphatic heterocycles. The zero-order chi connectivity index (χ0) is 26.7. The number of aliphatic hydroxyl groups excluding tert-OH is 1. The topological polar surface area (TPSA) is 91.1 Å². The molecule has 1 N–H and O–H groups in total. The van der Waals surface area contributed by atoms with Crippen molar-refractivity contribution in [2.45, 2.75) is 19.8 Å². The SMILES string of the molecule is CCN(CCO)C(=O)CN1CC2C(C1)C2CN(Cc1cccc(OC(F)(F)F)c1)C(=O)c1cn(C)cn1. The van der Waals surface area contributed by atoms with Gasteiger partial charge in [-0.25, -0.2) is 4.98 Å². The van der Waals surface area contributed by atoms with E-state index in [0.717, 1.165) is 13.1 Å². The summed E-state index contributed by atoms with van der Waals surface area (Å²) in [5.41, 5.74) is 0.791. The summed E-state index contributed by atoms with van der Waals surface area (Å²) in [7, 11) is 1.76. The van der Waals surface area contributed by atoms with Crippen LogP contribution in [0.1, 0.15) is 23.0 Å². The quantitative estimate of drug-likeness (QED) is 0.485. The third-order valence-electron chi connectivity index (χ3n) is 7.06. The zero-order valence-corrected chi connectivity index (χ0v) is 20.9. The minimum absolute atomic E-state index is 0.0117. The van der Waals surface area contributed by atoms with Gasteiger partial charge in [0.1, 0.15) is 11.4 Å². The third kappa shape index (κ3) is 6.80. The first kappa shape index (κ1) is 26.9. The average molecular weight is 524 g/mol. The summed E-state index contributed by atoms with van der Waals surface area (Å²) in [6, 6.07) is 5.65. The number of aryl methyl sites for hydroxylation is 1. The second kappa shape index (κ2) is 11.1. The maximum atomic E-state index is 13.3. The zero-order valence-electron chi connectivity index (χ0n) is 20.9. The number of nitrogens with zero attached hydrogens (tertiary/aromatic N) is 5. The molecule has 4 rings (SSSR count). The fourth-order valence-corrected chi connectivity index (χ4v) is 5.23. The number of carbonyl (C=O) groups is 2. The number of halogens is 3. The number of fused-ring (bicyclic) bond motifs is 1. The standard InChI is InChI=1S/C25H32F3N5O4/c1-3-32(7-8-34)23(35)15-31-11-19-20(12-31)21(19)13-33(24(36)22-14-30(2)16-29-22)10-17-5-4-6-18(9-17)37-25(26,27)28/h4-6,9,14,16,19-21,34H,3,7-8,10-13,15H2,1-2H3. The molecule has 1 saturated carbocycles. The molecular formula is C25H32F3N5O4. The molecule has 0 bridgehead atoms. The maximum absolute atomic E-state index is 13.3. The molecule has 12 heteroatoms. The molecule has 37 heavy (non-hydrogen) atoms. The summed E-state index contributed by atoms with van der Waals surface area (Å²) < 4.78 is 43.7. The monoisotopic (exact) mass is 523 g/mol. The molecule has 9 nitrogen and oxygen atoms in total. The number of piperidine rings is 1. The van der Waals surface area contributed by atoms with Gasteiger partial charge < -0.3 is 24.2 Å². The molecule has 2 aliphatic rings. The van der Waals surface area contributed by atoms with Gasteiger partial charge >= 0.3 is 6.36 Å². The number of likely N-dealkylation sites (tertiary alicyclic amines) is 1. The highest BCUT2D eigenvalue weighted by molar-refractivity contribution is 5.92. The van der Waals surface area contributed by atoms with Gasteiger partial charge in [-0.3, -0.25) is 14.5 Å². The van der Waals surface area contributed by atoms with Crippen molar-refractivity contribution in [2.75, 3.05) is 45.9 Å². The fraction of sp³-hybridized carbons (Fsp3) is 0.560. The number of amides is 2. The lowest BCUT2D eigenvalue weighted by molar-refractivity contribution is -0.274. The molecule has 202 valence electrons. The van der Waals surface area contributed by atoms with Gasteiger partial charge in [0.25, 0.3) is 5.91 Å². The number of likely N-dealkylation sites (N-methyl/N-ethyl adjacent to an activating group) is 1. The van der Waals surface area contributed by atoms with Crippen molar-refractivity contribution in [1.29, 1.82) is 0 Å². The van der Waals surface area contributed by atoms with E-state index < -0.39 is 6.36 Å². The molecule has 0 spiro atoms. The molecule has 2 atom stereocenters. The molecule has 2 amide bonds. The lowest BCUT2D eigenvalue weighted by atomic mass is 10.1. The molecule has 2 heterocycles. The van der Waals surface area contributed by atoms with Gasteiger partial charge in [-0.15, -0.1) is 13.2 Å². The van der Waals surface area contributed by atoms with Crippen LogP contribution in [-0.4, -0.2) is 93.4 Å². The van der Waals surface area contributed by atoms with Crippen molar-refractivity contribution in [2.24, 2.45) is 24.8 Å². The number of ether oxygens (including phenoxy) is 1. The molecule has 1 aliphatic carbocycles. The van der Waals surface area contributed by atoms with Gasteiger partial charge in [0.05, 0.1) is 19.5 Å². The van der Waals surface area contributed by atoms with Gasteiger partial charge in [0.2, 0.25) is 5.91 Å². The van der Waals surface area contributed by atoms with E-state index in [4.69, 9.17) is 5.11 Å². The van der Waals surface area contributed by atoms with E-state index in [0.29, 0.717) is 43.6 Å². The fourth-order valence-electron chi connectivity index (χ4n) is 5.23. The van der Waals surface area contributed by atoms with Gasteiger partial charge in [0, 0.05) is 52.5 Å². The number of rotatable bonds is 11. The Morgan fingerprint density at radius 1 is 1.22 bits per heavy atom. The van der Waals surface area contributed by atoms with E-state index in [1.165, 1.54) is 24.5 Å². The summed E-state index contributed by atoms with van der Waals surface area (Å²) in [6.07, 6.45) is -1.65. The van der Waals surface area contributed by atoms with Crippen LogP contribution in [0.4, 0.5) is 13.2 Å². The van der Waals surface area contributed by atoms with Crippen molar-refractivity contribution in [3.8, 4) is 5.75 Å². The van der Waals surface area contributed by atoms with Crippen molar-refractivity contribution in [3.05, 3.63) is 48.0 Å². The third-order valence-corrected chi connectivity index (χ3v) is 7.06. The van der Waals surface area contributed by atoms with Crippen LogP contribution in [0.5, 0.6) is 5.75 Å². The minimum atomic E-state index is -4.80. The van der Waals surface area contributed by atoms with Crippen molar-refractivity contribution in [3.63, 3.8) is 0 Å². The molecule has 1 saturated heterocycles. The number of imidazole rings is 1. The summed E-state index contributed by atoms with van der Waals surface area (Å²) in [5.74, 6) is 0.304. The summed E-state index contributed by atoms with van der Waals surface area (Å²) in [6.45, 7) is 5.03. The molecule has 2 unspecified atom stereocenters. The highest BCUT2D eigenvalue weighted by Gasteiger charge is 2.56. The Kier molecular flexibility index (Phi) is 8.08. The smallest absolute Gasteiger partial charge is 0.406 e. The average Bonchev–Trinajstić information content (AvgIpc) is 3.15. The highest BCUT2D eigenvalue weighted by Crippen LogP contribution is 2.52. The number of hydrogen-bond acceptors (Lipinski definition) is 6. The van der Waals surface area contributed by atoms with Crippen molar-refractivity contribution >= 4 is 11.8 Å². The van der Waals surface area contributed by atoms with Gasteiger partial charge in [-0.2, -0.15) is 0 Å². The maximum Gasteiger partial charge on any atom is 0.573 e. The number of aliphatic hydroxyl groups is 1. The van der Waals surface area contributed by atoms with Crippen molar-refractivity contribution < 1.29 is 32.6 Å². The summed E-state index contributed by atoms with van der Waals surface area (Å²) >= 11 is 0. The van der Waals surface area contributed by atoms with Crippen LogP contribution in [0.25, 0.3) is 0 Å². The minimum Gasteiger partial charge on any atom is -0.406 e. The van der Waals surface area contributed by atoms with Crippen LogP contribution >= 0.6 is 0 Å². The number of carbonyl (C=O) groups excluding carboxylic acids is 2. The largest absolute Gasteiger partial charge is 0.573 e. The predicted octanol–water partition coefficient (Wildman–Crippen LogP) is 1.98. The van der Waals surface area contributed by atoms with Crippen LogP contribution < -0.4 is 4.74 Å². The van der Waals surface area contributed by atoms with E-state index >= 15 is 0 Å². The van der Waals surface area contributed by atoms with E-state index in [1.807, 2.05) is 6.92 Å². The Labute approximate surface area is 213 Å². The summed E-state index contributed by atoms with van der Waals surface area (Å²) in [5, 5.41) is 9.14. The van der Waals surface area contributed by atoms with Crippen LogP contribution in [0.3, 0.4) is 0 Å². The Balaban J connectivity index is 1.40. The predicted molar refractivity (Wildman–Crippen MR) is 127 cm³/mol. The van der Waals surface area contributed by atoms with Crippen LogP contribution in [0.2, 0.25) is 0 Å². The first-order chi connectivity index (χ1) is 17.6. The molecule has 2 fully saturated rings. The van der Waals surface area contributed by atoms with Crippen LogP contribution in [-0.2, 0) is 18.4 Å². The van der Waals surface area contributed by atoms with Crippen LogP contribution in [0, 0.1) is 17.8 Å². The lowest BCUT2D eigenvalue weighted by Gasteiger charge is -2.26. The Bertz CT molecular complexity index is 1100. The van der Waals surface area contributed by atoms with E-state index in [9.17, 15) is 22.8 Å². The number of benzene rings is 1. The number of alkyl halides is 3. The molecule has 1 aromatic heterocycles. The van der Waals surface area contributed by atoms with Gasteiger partial charge in [-0.1, -0.05) is 12.1 Å². The Morgan fingerprint density at radius 3 is 2.54 bits per heavy atom. The Hall–Kier alpha value is -3.12. The molecule has 2 aromatic rings. The first-order valence-electron chi connectivity index (χ1n) is 12.3. The lowest BCUT2D eigenvalue weighted by Crippen LogP contribution is -2.42. The van der Waals surface area contributed by atoms with Crippen LogP contribution in [0.15, 0.2) is 36.8 Å². The molecule has 1 aromatic carbocycles. The Morgan fingerprint density at radius 2 is 1.95 bits per heavy atom. The molecular weight excluding hydrogens is 491 g/mol. The van der Waals surface area contributed by atoms with E-state index in [-0.39, 0.29) is 42.3 Å². The van der Waals surface area contributed by atoms with Crippen molar-refractivity contribution in [1.82, 2.24) is 24.3 Å².